The molecule has 0 aliphatic carbocycles. The van der Waals surface area contributed by atoms with E-state index in [1.807, 2.05) is 36.4 Å². The first-order valence-electron chi connectivity index (χ1n) is 12.7. The number of benzene rings is 2. The van der Waals surface area contributed by atoms with E-state index in [-0.39, 0.29) is 5.96 Å². The fraction of sp³-hybridized carbons (Fsp3) is 0.444. The summed E-state index contributed by atoms with van der Waals surface area (Å²) in [5.74, 6) is 1.33. The molecule has 208 valence electrons. The van der Waals surface area contributed by atoms with Crippen LogP contribution in [0.2, 0.25) is 0 Å². The first-order chi connectivity index (χ1) is 18.6. The Bertz CT molecular complexity index is 1350. The lowest BCUT2D eigenvalue weighted by atomic mass is 10.1. The third kappa shape index (κ3) is 7.44. The van der Waals surface area contributed by atoms with Crippen LogP contribution in [0.3, 0.4) is 0 Å². The number of methoxy groups -OCH3 is 1. The highest BCUT2D eigenvalue weighted by Gasteiger charge is 2.35. The summed E-state index contributed by atoms with van der Waals surface area (Å²) in [7, 11) is 1.67. The van der Waals surface area contributed by atoms with Crippen molar-refractivity contribution in [1.82, 2.24) is 20.4 Å². The number of likely N-dealkylation sites (tertiary alicyclic amines) is 1. The van der Waals surface area contributed by atoms with Gasteiger partial charge in [0.1, 0.15) is 17.4 Å². The minimum Gasteiger partial charge on any atom is -0.493 e. The maximum Gasteiger partial charge on any atom is 0.434 e. The minimum absolute atomic E-state index is 0.148. The van der Waals surface area contributed by atoms with Gasteiger partial charge in [0.2, 0.25) is 17.7 Å². The molecule has 2 aromatic carbocycles. The SMILES string of the molecule is COCCCOc1ccc2cc(-c3noc([C@@H]4CCCN4/C(=N/C(=O)O)NC(=O)OC(C)(C)C)n3)ccc2c1. The predicted molar refractivity (Wildman–Crippen MR) is 143 cm³/mol. The molecule has 0 spiro atoms. The number of fused-ring (bicyclic) bond motifs is 1. The summed E-state index contributed by atoms with van der Waals surface area (Å²) in [6.07, 6.45) is -0.117. The van der Waals surface area contributed by atoms with Gasteiger partial charge in [-0.05, 0) is 62.6 Å². The van der Waals surface area contributed by atoms with Crippen molar-refractivity contribution in [3.63, 3.8) is 0 Å². The largest absolute Gasteiger partial charge is 0.493 e. The van der Waals surface area contributed by atoms with Crippen molar-refractivity contribution in [2.24, 2.45) is 4.99 Å². The van der Waals surface area contributed by atoms with E-state index in [2.05, 4.69) is 20.4 Å². The van der Waals surface area contributed by atoms with E-state index in [0.29, 0.717) is 44.3 Å². The summed E-state index contributed by atoms with van der Waals surface area (Å²) in [5.41, 5.74) is 0.00466. The van der Waals surface area contributed by atoms with Gasteiger partial charge in [0.25, 0.3) is 0 Å². The van der Waals surface area contributed by atoms with Gasteiger partial charge in [-0.3, -0.25) is 5.32 Å². The Morgan fingerprint density at radius 1 is 1.18 bits per heavy atom. The van der Waals surface area contributed by atoms with E-state index < -0.39 is 23.8 Å². The average molecular weight is 540 g/mol. The number of nitrogens with zero attached hydrogens (tertiary/aromatic N) is 4. The summed E-state index contributed by atoms with van der Waals surface area (Å²) in [6, 6.07) is 11.2. The zero-order chi connectivity index (χ0) is 28.0. The summed E-state index contributed by atoms with van der Waals surface area (Å²) < 4.78 is 21.7. The van der Waals surface area contributed by atoms with Crippen molar-refractivity contribution in [1.29, 1.82) is 0 Å². The second kappa shape index (κ2) is 12.1. The number of carbonyl (C=O) groups is 2. The smallest absolute Gasteiger partial charge is 0.434 e. The Balaban J connectivity index is 1.51. The van der Waals surface area contributed by atoms with Crippen LogP contribution < -0.4 is 10.1 Å². The molecule has 0 bridgehead atoms. The summed E-state index contributed by atoms with van der Waals surface area (Å²) >= 11 is 0. The summed E-state index contributed by atoms with van der Waals surface area (Å²) in [4.78, 5) is 33.6. The monoisotopic (exact) mass is 539 g/mol. The molecule has 1 fully saturated rings. The lowest BCUT2D eigenvalue weighted by Gasteiger charge is -2.26. The highest BCUT2D eigenvalue weighted by Crippen LogP contribution is 2.33. The molecule has 0 saturated carbocycles. The molecule has 12 nitrogen and oxygen atoms in total. The van der Waals surface area contributed by atoms with Crippen LogP contribution in [-0.2, 0) is 9.47 Å². The highest BCUT2D eigenvalue weighted by atomic mass is 16.6. The van der Waals surface area contributed by atoms with Gasteiger partial charge in [0.15, 0.2) is 0 Å². The van der Waals surface area contributed by atoms with Crippen LogP contribution in [0.1, 0.15) is 52.0 Å². The number of hydrogen-bond donors (Lipinski definition) is 2. The number of aromatic nitrogens is 2. The molecule has 3 aromatic rings. The number of ether oxygens (including phenoxy) is 3. The Hall–Kier alpha value is -4.19. The standard InChI is InChI=1S/C27H33N5O7/c1-27(2,3)38-26(35)30-24(29-25(33)34)32-12-5-7-21(32)23-28-22(31-39-23)19-9-8-18-16-20(11-10-17(18)15-19)37-14-6-13-36-4/h8-11,15-16,21H,5-7,12-14H2,1-4H3,(H,33,34)(H,29,30,35)/t21-/m0/s1. The zero-order valence-corrected chi connectivity index (χ0v) is 22.5. The molecule has 2 N–H and O–H groups in total. The lowest BCUT2D eigenvalue weighted by molar-refractivity contribution is 0.0555. The topological polar surface area (TPSA) is 149 Å². The number of amides is 2. The Morgan fingerprint density at radius 3 is 2.69 bits per heavy atom. The number of carboxylic acid groups (broad SMARTS) is 1. The number of nitrogens with one attached hydrogen (secondary N) is 1. The van der Waals surface area contributed by atoms with Crippen LogP contribution in [0.15, 0.2) is 45.9 Å². The third-order valence-corrected chi connectivity index (χ3v) is 5.90. The average Bonchev–Trinajstić information content (AvgIpc) is 3.54. The van der Waals surface area contributed by atoms with E-state index >= 15 is 0 Å². The van der Waals surface area contributed by atoms with Crippen LogP contribution in [0.4, 0.5) is 9.59 Å². The molecule has 1 aliphatic rings. The van der Waals surface area contributed by atoms with E-state index in [9.17, 15) is 14.7 Å². The van der Waals surface area contributed by atoms with Crippen molar-refractivity contribution >= 4 is 28.9 Å². The number of aliphatic imine (C=N–C) groups is 1. The van der Waals surface area contributed by atoms with Crippen LogP contribution in [0.5, 0.6) is 5.75 Å². The van der Waals surface area contributed by atoms with Crippen molar-refractivity contribution < 1.29 is 33.4 Å². The molecule has 1 aliphatic heterocycles. The molecule has 12 heteroatoms. The number of hydrogen-bond acceptors (Lipinski definition) is 8. The Kier molecular flexibility index (Phi) is 8.65. The second-order valence-electron chi connectivity index (χ2n) is 10.1. The van der Waals surface area contributed by atoms with Crippen LogP contribution in [-0.4, -0.2) is 70.8 Å². The van der Waals surface area contributed by atoms with Gasteiger partial charge in [0.05, 0.1) is 6.61 Å². The molecule has 1 atom stereocenters. The molecular weight excluding hydrogens is 506 g/mol. The molecule has 39 heavy (non-hydrogen) atoms. The number of guanidine groups is 1. The van der Waals surface area contributed by atoms with E-state index in [1.165, 1.54) is 0 Å². The second-order valence-corrected chi connectivity index (χ2v) is 10.1. The molecule has 2 heterocycles. The number of carbonyl (C=O) groups excluding carboxylic acids is 1. The van der Waals surface area contributed by atoms with Gasteiger partial charge in [-0.2, -0.15) is 4.98 Å². The fourth-order valence-corrected chi connectivity index (χ4v) is 4.26. The molecule has 1 saturated heterocycles. The third-order valence-electron chi connectivity index (χ3n) is 5.90. The van der Waals surface area contributed by atoms with Gasteiger partial charge in [-0.15, -0.1) is 4.99 Å². The zero-order valence-electron chi connectivity index (χ0n) is 22.5. The maximum absolute atomic E-state index is 12.3. The number of rotatable bonds is 7. The number of alkyl carbamates (subject to hydrolysis) is 1. The first kappa shape index (κ1) is 27.8. The summed E-state index contributed by atoms with van der Waals surface area (Å²) in [5, 5.41) is 17.9. The predicted octanol–water partition coefficient (Wildman–Crippen LogP) is 5.00. The van der Waals surface area contributed by atoms with Crippen LogP contribution >= 0.6 is 0 Å². The first-order valence-corrected chi connectivity index (χ1v) is 12.7. The Morgan fingerprint density at radius 2 is 1.95 bits per heavy atom. The fourth-order valence-electron chi connectivity index (χ4n) is 4.26. The van der Waals surface area contributed by atoms with Crippen LogP contribution in [0, 0.1) is 0 Å². The molecule has 1 aromatic heterocycles. The molecular formula is C27H33N5O7. The highest BCUT2D eigenvalue weighted by molar-refractivity contribution is 5.98. The molecule has 0 unspecified atom stereocenters. The molecule has 4 rings (SSSR count). The Labute approximate surface area is 225 Å². The normalized spacial score (nSPS) is 15.9. The van der Waals surface area contributed by atoms with Crippen LogP contribution in [0.25, 0.3) is 22.2 Å². The quantitative estimate of drug-likeness (QED) is 0.239. The maximum atomic E-state index is 12.3. The van der Waals surface area contributed by atoms with Crippen molar-refractivity contribution in [2.75, 3.05) is 26.9 Å². The van der Waals surface area contributed by atoms with E-state index in [4.69, 9.17) is 18.7 Å². The van der Waals surface area contributed by atoms with Crippen molar-refractivity contribution in [2.45, 2.75) is 51.7 Å². The van der Waals surface area contributed by atoms with Crippen molar-refractivity contribution in [3.05, 3.63) is 42.3 Å². The van der Waals surface area contributed by atoms with Gasteiger partial charge >= 0.3 is 12.2 Å². The molecule has 2 amide bonds. The van der Waals surface area contributed by atoms with E-state index in [1.54, 1.807) is 32.8 Å². The van der Waals surface area contributed by atoms with Gasteiger partial charge in [0, 0.05) is 32.2 Å². The van der Waals surface area contributed by atoms with Crippen molar-refractivity contribution in [3.8, 4) is 17.1 Å². The van der Waals surface area contributed by atoms with Gasteiger partial charge < -0.3 is 28.7 Å². The van der Waals surface area contributed by atoms with E-state index in [0.717, 1.165) is 28.5 Å². The van der Waals surface area contributed by atoms with Gasteiger partial charge in [-0.1, -0.05) is 23.4 Å². The minimum atomic E-state index is -1.45. The summed E-state index contributed by atoms with van der Waals surface area (Å²) in [6.45, 7) is 6.80. The van der Waals surface area contributed by atoms with Gasteiger partial charge in [-0.25, -0.2) is 9.59 Å². The lowest BCUT2D eigenvalue weighted by Crippen LogP contribution is -2.46. The molecule has 0 radical (unpaired) electrons.